The quantitative estimate of drug-likeness (QED) is 0.917. The fraction of sp³-hybridized carbons (Fsp3) is 0.357. The number of rotatable bonds is 4. The Bertz CT molecular complexity index is 591. The first kappa shape index (κ1) is 13.3. The molecule has 1 aromatic heterocycles. The van der Waals surface area contributed by atoms with Gasteiger partial charge in [0.2, 0.25) is 0 Å². The highest BCUT2D eigenvalue weighted by atomic mass is 16.5. The van der Waals surface area contributed by atoms with Crippen LogP contribution in [0.25, 0.3) is 11.3 Å². The molecule has 0 saturated heterocycles. The molecule has 1 heterocycles. The molecular weight excluding hydrogens is 244 g/mol. The normalized spacial score (nSPS) is 10.4. The van der Waals surface area contributed by atoms with Crippen LogP contribution >= 0.6 is 0 Å². The smallest absolute Gasteiger partial charge is 0.295 e. The van der Waals surface area contributed by atoms with Gasteiger partial charge in [-0.3, -0.25) is 0 Å². The molecule has 19 heavy (non-hydrogen) atoms. The van der Waals surface area contributed by atoms with Crippen LogP contribution in [-0.2, 0) is 0 Å². The van der Waals surface area contributed by atoms with E-state index in [0.717, 1.165) is 34.1 Å². The summed E-state index contributed by atoms with van der Waals surface area (Å²) in [5.41, 5.74) is 2.60. The number of hydrogen-bond acceptors (Lipinski definition) is 5. The molecule has 0 saturated carbocycles. The molecule has 2 aromatic rings. The zero-order valence-corrected chi connectivity index (χ0v) is 11.8. The summed E-state index contributed by atoms with van der Waals surface area (Å²) in [5.74, 6) is 2.28. The van der Waals surface area contributed by atoms with E-state index >= 15 is 0 Å². The molecule has 1 N–H and O–H groups in total. The molecule has 5 nitrogen and oxygen atoms in total. The Labute approximate surface area is 112 Å². The molecule has 0 bridgehead atoms. The van der Waals surface area contributed by atoms with Crippen molar-refractivity contribution in [1.82, 2.24) is 4.98 Å². The average molecular weight is 262 g/mol. The van der Waals surface area contributed by atoms with Crippen LogP contribution in [0.2, 0.25) is 0 Å². The summed E-state index contributed by atoms with van der Waals surface area (Å²) >= 11 is 0. The predicted molar refractivity (Wildman–Crippen MR) is 74.1 cm³/mol. The van der Waals surface area contributed by atoms with Crippen LogP contribution in [0, 0.1) is 13.8 Å². The number of methoxy groups -OCH3 is 2. The summed E-state index contributed by atoms with van der Waals surface area (Å²) in [7, 11) is 5.05. The third kappa shape index (κ3) is 2.23. The first-order valence-electron chi connectivity index (χ1n) is 5.99. The maximum absolute atomic E-state index is 5.51. The predicted octanol–water partition coefficient (Wildman–Crippen LogP) is 3.02. The van der Waals surface area contributed by atoms with Gasteiger partial charge in [0.05, 0.1) is 14.2 Å². The van der Waals surface area contributed by atoms with E-state index in [4.69, 9.17) is 13.9 Å². The molecule has 2 rings (SSSR count). The molecule has 5 heteroatoms. The van der Waals surface area contributed by atoms with Gasteiger partial charge in [0.25, 0.3) is 6.01 Å². The van der Waals surface area contributed by atoms with Gasteiger partial charge in [0.1, 0.15) is 23.0 Å². The van der Waals surface area contributed by atoms with Crippen molar-refractivity contribution < 1.29 is 13.9 Å². The molecule has 0 aliphatic carbocycles. The topological polar surface area (TPSA) is 56.5 Å². The van der Waals surface area contributed by atoms with Gasteiger partial charge in [-0.1, -0.05) is 0 Å². The minimum atomic E-state index is 0.489. The Kier molecular flexibility index (Phi) is 3.64. The van der Waals surface area contributed by atoms with Gasteiger partial charge in [-0.05, 0) is 26.0 Å². The summed E-state index contributed by atoms with van der Waals surface area (Å²) in [6.07, 6.45) is 0. The Balaban J connectivity index is 2.61. The molecule has 0 fully saturated rings. The Morgan fingerprint density at radius 2 is 1.89 bits per heavy atom. The van der Waals surface area contributed by atoms with Crippen LogP contribution in [0.1, 0.15) is 11.3 Å². The summed E-state index contributed by atoms with van der Waals surface area (Å²) in [4.78, 5) is 4.41. The third-order valence-corrected chi connectivity index (χ3v) is 3.05. The van der Waals surface area contributed by atoms with Gasteiger partial charge in [-0.25, -0.2) is 0 Å². The lowest BCUT2D eigenvalue weighted by atomic mass is 10.0. The maximum atomic E-state index is 5.51. The van der Waals surface area contributed by atoms with Crippen LogP contribution in [0.5, 0.6) is 11.5 Å². The number of aromatic nitrogens is 1. The van der Waals surface area contributed by atoms with E-state index in [1.54, 1.807) is 21.3 Å². The standard InChI is InChI=1S/C14H18N2O3/c1-8-11(17-4)7-6-10(13(8)18-5)12-9(2)19-14(15-3)16-12/h6-7H,1-5H3,(H,15,16). The number of hydrogen-bond donors (Lipinski definition) is 1. The van der Waals surface area contributed by atoms with Gasteiger partial charge in [0, 0.05) is 18.2 Å². The molecule has 0 spiro atoms. The molecule has 0 unspecified atom stereocenters. The number of ether oxygens (including phenoxy) is 2. The van der Waals surface area contributed by atoms with Gasteiger partial charge < -0.3 is 19.2 Å². The van der Waals surface area contributed by atoms with Crippen LogP contribution in [-0.4, -0.2) is 26.3 Å². The highest BCUT2D eigenvalue weighted by Crippen LogP contribution is 2.39. The number of nitrogens with zero attached hydrogens (tertiary/aromatic N) is 1. The van der Waals surface area contributed by atoms with Gasteiger partial charge in [-0.15, -0.1) is 0 Å². The zero-order valence-electron chi connectivity index (χ0n) is 11.8. The van der Waals surface area contributed by atoms with Crippen molar-refractivity contribution in [1.29, 1.82) is 0 Å². The van der Waals surface area contributed by atoms with Gasteiger partial charge >= 0.3 is 0 Å². The maximum Gasteiger partial charge on any atom is 0.295 e. The van der Waals surface area contributed by atoms with Crippen molar-refractivity contribution in [3.05, 3.63) is 23.5 Å². The first-order chi connectivity index (χ1) is 9.12. The Morgan fingerprint density at radius 3 is 2.42 bits per heavy atom. The lowest BCUT2D eigenvalue weighted by Gasteiger charge is -2.13. The highest BCUT2D eigenvalue weighted by Gasteiger charge is 2.18. The number of benzene rings is 1. The van der Waals surface area contributed by atoms with Crippen molar-refractivity contribution in [3.8, 4) is 22.8 Å². The van der Waals surface area contributed by atoms with E-state index < -0.39 is 0 Å². The van der Waals surface area contributed by atoms with Gasteiger partial charge in [-0.2, -0.15) is 4.98 Å². The summed E-state index contributed by atoms with van der Waals surface area (Å²) in [5, 5.41) is 2.89. The second kappa shape index (κ2) is 5.22. The number of aryl methyl sites for hydroxylation is 1. The molecule has 0 amide bonds. The fourth-order valence-corrected chi connectivity index (χ4v) is 2.10. The number of nitrogens with one attached hydrogen (secondary N) is 1. The SMILES string of the molecule is CNc1nc(-c2ccc(OC)c(C)c2OC)c(C)o1. The van der Waals surface area contributed by atoms with Crippen molar-refractivity contribution in [2.24, 2.45) is 0 Å². The largest absolute Gasteiger partial charge is 0.496 e. The Hall–Kier alpha value is -2.17. The van der Waals surface area contributed by atoms with E-state index in [-0.39, 0.29) is 0 Å². The molecule has 102 valence electrons. The van der Waals surface area contributed by atoms with E-state index in [0.29, 0.717) is 6.01 Å². The molecular formula is C14H18N2O3. The van der Waals surface area contributed by atoms with E-state index in [9.17, 15) is 0 Å². The summed E-state index contributed by atoms with van der Waals surface area (Å²) in [6, 6.07) is 4.32. The van der Waals surface area contributed by atoms with Crippen molar-refractivity contribution in [2.75, 3.05) is 26.6 Å². The second-order valence-electron chi connectivity index (χ2n) is 4.15. The molecule has 0 radical (unpaired) electrons. The molecule has 0 atom stereocenters. The molecule has 1 aromatic carbocycles. The van der Waals surface area contributed by atoms with E-state index in [2.05, 4.69) is 10.3 Å². The van der Waals surface area contributed by atoms with Gasteiger partial charge in [0.15, 0.2) is 0 Å². The van der Waals surface area contributed by atoms with E-state index in [1.807, 2.05) is 26.0 Å². The van der Waals surface area contributed by atoms with Crippen molar-refractivity contribution in [2.45, 2.75) is 13.8 Å². The van der Waals surface area contributed by atoms with Crippen molar-refractivity contribution in [3.63, 3.8) is 0 Å². The third-order valence-electron chi connectivity index (χ3n) is 3.05. The van der Waals surface area contributed by atoms with Crippen LogP contribution in [0.15, 0.2) is 16.5 Å². The van der Waals surface area contributed by atoms with Crippen LogP contribution in [0.4, 0.5) is 6.01 Å². The average Bonchev–Trinajstić information content (AvgIpc) is 2.79. The Morgan fingerprint density at radius 1 is 1.16 bits per heavy atom. The molecule has 0 aliphatic heterocycles. The van der Waals surface area contributed by atoms with Crippen molar-refractivity contribution >= 4 is 6.01 Å². The van der Waals surface area contributed by atoms with Crippen LogP contribution < -0.4 is 14.8 Å². The van der Waals surface area contributed by atoms with Crippen LogP contribution in [0.3, 0.4) is 0 Å². The minimum absolute atomic E-state index is 0.489. The minimum Gasteiger partial charge on any atom is -0.496 e. The lowest BCUT2D eigenvalue weighted by Crippen LogP contribution is -1.96. The molecule has 0 aliphatic rings. The second-order valence-corrected chi connectivity index (χ2v) is 4.15. The van der Waals surface area contributed by atoms with E-state index in [1.165, 1.54) is 0 Å². The fourth-order valence-electron chi connectivity index (χ4n) is 2.10. The summed E-state index contributed by atoms with van der Waals surface area (Å²) < 4.78 is 16.3. The number of anilines is 1. The zero-order chi connectivity index (χ0) is 14.0. The number of oxazole rings is 1. The lowest BCUT2D eigenvalue weighted by molar-refractivity contribution is 0.389. The monoisotopic (exact) mass is 262 g/mol. The first-order valence-corrected chi connectivity index (χ1v) is 5.99. The summed E-state index contributed by atoms with van der Waals surface area (Å²) in [6.45, 7) is 3.83. The highest BCUT2D eigenvalue weighted by molar-refractivity contribution is 5.73.